The van der Waals surface area contributed by atoms with Gasteiger partial charge in [0.2, 0.25) is 5.91 Å². The Morgan fingerprint density at radius 2 is 1.82 bits per heavy atom. The molecule has 1 aliphatic heterocycles. The molecular formula is C20H27NO. The number of hydrogen-bond donors (Lipinski definition) is 0. The van der Waals surface area contributed by atoms with E-state index in [9.17, 15) is 4.79 Å². The molecule has 1 aromatic carbocycles. The first-order valence-corrected chi connectivity index (χ1v) is 9.01. The fourth-order valence-corrected chi connectivity index (χ4v) is 5.16. The number of amides is 1. The molecule has 2 nitrogen and oxygen atoms in total. The largest absolute Gasteiger partial charge is 0.341 e. The predicted molar refractivity (Wildman–Crippen MR) is 88.8 cm³/mol. The van der Waals surface area contributed by atoms with E-state index in [1.54, 1.807) is 0 Å². The summed E-state index contributed by atoms with van der Waals surface area (Å²) in [5, 5.41) is 0. The molecule has 2 aliphatic carbocycles. The van der Waals surface area contributed by atoms with E-state index >= 15 is 0 Å². The van der Waals surface area contributed by atoms with Gasteiger partial charge in [0.05, 0.1) is 0 Å². The first kappa shape index (κ1) is 14.3. The molecule has 2 heteroatoms. The smallest absolute Gasteiger partial charge is 0.228 e. The third kappa shape index (κ3) is 2.11. The van der Waals surface area contributed by atoms with Gasteiger partial charge in [-0.2, -0.15) is 0 Å². The predicted octanol–water partition coefficient (Wildman–Crippen LogP) is 4.07. The second-order valence-electron chi connectivity index (χ2n) is 8.04. The SMILES string of the molecule is CC1(C(=O)N2CCC3(CCc4ccccc43)C2)CCCCC1. The molecule has 4 rings (SSSR count). The Labute approximate surface area is 133 Å². The zero-order valence-corrected chi connectivity index (χ0v) is 13.7. The van der Waals surface area contributed by atoms with E-state index in [1.165, 1.54) is 43.2 Å². The average Bonchev–Trinajstić information content (AvgIpc) is 3.14. The van der Waals surface area contributed by atoms with Crippen LogP contribution in [0.2, 0.25) is 0 Å². The Bertz CT molecular complexity index is 587. The van der Waals surface area contributed by atoms with E-state index in [0.717, 1.165) is 32.4 Å². The number of carbonyl (C=O) groups excluding carboxylic acids is 1. The topological polar surface area (TPSA) is 20.3 Å². The van der Waals surface area contributed by atoms with Crippen LogP contribution in [0.5, 0.6) is 0 Å². The molecule has 0 N–H and O–H groups in total. The molecule has 3 aliphatic rings. The van der Waals surface area contributed by atoms with Gasteiger partial charge in [-0.25, -0.2) is 0 Å². The van der Waals surface area contributed by atoms with Gasteiger partial charge in [0, 0.05) is 23.9 Å². The lowest BCUT2D eigenvalue weighted by molar-refractivity contribution is -0.142. The molecule has 1 aromatic rings. The molecule has 1 spiro atoms. The summed E-state index contributed by atoms with van der Waals surface area (Å²) >= 11 is 0. The summed E-state index contributed by atoms with van der Waals surface area (Å²) in [5.41, 5.74) is 3.22. The summed E-state index contributed by atoms with van der Waals surface area (Å²) in [6, 6.07) is 8.90. The van der Waals surface area contributed by atoms with Gasteiger partial charge in [0.25, 0.3) is 0 Å². The summed E-state index contributed by atoms with van der Waals surface area (Å²) in [6.45, 7) is 4.13. The minimum Gasteiger partial charge on any atom is -0.341 e. The van der Waals surface area contributed by atoms with E-state index in [0.29, 0.717) is 5.91 Å². The zero-order chi connectivity index (χ0) is 15.2. The van der Waals surface area contributed by atoms with Gasteiger partial charge < -0.3 is 4.90 Å². The molecule has 1 saturated heterocycles. The highest BCUT2D eigenvalue weighted by atomic mass is 16.2. The molecule has 1 saturated carbocycles. The van der Waals surface area contributed by atoms with Gasteiger partial charge in [-0.15, -0.1) is 0 Å². The maximum Gasteiger partial charge on any atom is 0.228 e. The lowest BCUT2D eigenvalue weighted by Gasteiger charge is -2.36. The van der Waals surface area contributed by atoms with Crippen molar-refractivity contribution in [3.05, 3.63) is 35.4 Å². The molecule has 0 bridgehead atoms. The number of fused-ring (bicyclic) bond motifs is 2. The normalized spacial score (nSPS) is 29.8. The molecule has 1 heterocycles. The minimum atomic E-state index is -0.0814. The van der Waals surface area contributed by atoms with E-state index in [1.807, 2.05) is 0 Å². The highest BCUT2D eigenvalue weighted by Crippen LogP contribution is 2.47. The van der Waals surface area contributed by atoms with Gasteiger partial charge in [0.15, 0.2) is 0 Å². The fourth-order valence-electron chi connectivity index (χ4n) is 5.16. The number of carbonyl (C=O) groups is 1. The van der Waals surface area contributed by atoms with Crippen LogP contribution in [0.15, 0.2) is 24.3 Å². The number of aryl methyl sites for hydroxylation is 1. The van der Waals surface area contributed by atoms with Crippen molar-refractivity contribution in [3.8, 4) is 0 Å². The van der Waals surface area contributed by atoms with Crippen molar-refractivity contribution in [2.24, 2.45) is 5.41 Å². The molecule has 0 aromatic heterocycles. The van der Waals surface area contributed by atoms with Gasteiger partial charge in [-0.3, -0.25) is 4.79 Å². The van der Waals surface area contributed by atoms with Crippen molar-refractivity contribution in [2.75, 3.05) is 13.1 Å². The Hall–Kier alpha value is -1.31. The van der Waals surface area contributed by atoms with Crippen molar-refractivity contribution in [3.63, 3.8) is 0 Å². The lowest BCUT2D eigenvalue weighted by atomic mass is 9.74. The summed E-state index contributed by atoms with van der Waals surface area (Å²) in [4.78, 5) is 15.3. The molecule has 1 amide bonds. The van der Waals surface area contributed by atoms with Crippen molar-refractivity contribution < 1.29 is 4.79 Å². The Morgan fingerprint density at radius 3 is 2.64 bits per heavy atom. The van der Waals surface area contributed by atoms with Gasteiger partial charge in [0.1, 0.15) is 0 Å². The van der Waals surface area contributed by atoms with Gasteiger partial charge >= 0.3 is 0 Å². The van der Waals surface area contributed by atoms with Crippen LogP contribution >= 0.6 is 0 Å². The summed E-state index contributed by atoms with van der Waals surface area (Å²) in [5.74, 6) is 0.438. The molecule has 118 valence electrons. The molecular weight excluding hydrogens is 270 g/mol. The van der Waals surface area contributed by atoms with Crippen LogP contribution in [-0.2, 0) is 16.6 Å². The van der Waals surface area contributed by atoms with Crippen molar-refractivity contribution in [1.29, 1.82) is 0 Å². The van der Waals surface area contributed by atoms with Crippen LogP contribution < -0.4 is 0 Å². The number of likely N-dealkylation sites (tertiary alicyclic amines) is 1. The number of nitrogens with zero attached hydrogens (tertiary/aromatic N) is 1. The Morgan fingerprint density at radius 1 is 1.05 bits per heavy atom. The number of benzene rings is 1. The second-order valence-corrected chi connectivity index (χ2v) is 8.04. The minimum absolute atomic E-state index is 0.0814. The van der Waals surface area contributed by atoms with E-state index in [-0.39, 0.29) is 10.8 Å². The van der Waals surface area contributed by atoms with Crippen LogP contribution in [-0.4, -0.2) is 23.9 Å². The lowest BCUT2D eigenvalue weighted by Crippen LogP contribution is -2.43. The Balaban J connectivity index is 1.55. The van der Waals surface area contributed by atoms with Crippen molar-refractivity contribution in [1.82, 2.24) is 4.90 Å². The van der Waals surface area contributed by atoms with Crippen LogP contribution in [0.1, 0.15) is 63.0 Å². The second kappa shape index (κ2) is 5.11. The molecule has 1 unspecified atom stereocenters. The van der Waals surface area contributed by atoms with Crippen LogP contribution in [0.3, 0.4) is 0 Å². The standard InChI is InChI=1S/C20H27NO/c1-19(10-5-2-6-11-19)18(22)21-14-13-20(15-21)12-9-16-7-3-4-8-17(16)20/h3-4,7-8H,2,5-6,9-15H2,1H3. The molecule has 22 heavy (non-hydrogen) atoms. The number of hydrogen-bond acceptors (Lipinski definition) is 1. The molecule has 2 fully saturated rings. The third-order valence-corrected chi connectivity index (χ3v) is 6.58. The molecule has 1 atom stereocenters. The van der Waals surface area contributed by atoms with Gasteiger partial charge in [-0.05, 0) is 43.2 Å². The average molecular weight is 297 g/mol. The summed E-state index contributed by atoms with van der Waals surface area (Å²) in [6.07, 6.45) is 9.51. The van der Waals surface area contributed by atoms with Crippen LogP contribution in [0.4, 0.5) is 0 Å². The summed E-state index contributed by atoms with van der Waals surface area (Å²) in [7, 11) is 0. The van der Waals surface area contributed by atoms with E-state index in [4.69, 9.17) is 0 Å². The third-order valence-electron chi connectivity index (χ3n) is 6.58. The molecule has 0 radical (unpaired) electrons. The zero-order valence-electron chi connectivity index (χ0n) is 13.7. The van der Waals surface area contributed by atoms with Crippen LogP contribution in [0, 0.1) is 5.41 Å². The maximum atomic E-state index is 13.1. The fraction of sp³-hybridized carbons (Fsp3) is 0.650. The van der Waals surface area contributed by atoms with Crippen molar-refractivity contribution in [2.45, 2.75) is 63.7 Å². The first-order valence-electron chi connectivity index (χ1n) is 9.01. The van der Waals surface area contributed by atoms with Crippen molar-refractivity contribution >= 4 is 5.91 Å². The summed E-state index contributed by atoms with van der Waals surface area (Å²) < 4.78 is 0. The highest BCUT2D eigenvalue weighted by Gasteiger charge is 2.48. The monoisotopic (exact) mass is 297 g/mol. The number of rotatable bonds is 1. The van der Waals surface area contributed by atoms with E-state index in [2.05, 4.69) is 36.1 Å². The van der Waals surface area contributed by atoms with Crippen LogP contribution in [0.25, 0.3) is 0 Å². The quantitative estimate of drug-likeness (QED) is 0.765. The highest BCUT2D eigenvalue weighted by molar-refractivity contribution is 5.83. The maximum absolute atomic E-state index is 13.1. The first-order chi connectivity index (χ1) is 10.6. The Kier molecular flexibility index (Phi) is 3.32. The van der Waals surface area contributed by atoms with E-state index < -0.39 is 0 Å². The van der Waals surface area contributed by atoms with Gasteiger partial charge in [-0.1, -0.05) is 50.5 Å².